The molecule has 0 saturated carbocycles. The Balaban J connectivity index is 2.65. The number of hydrogen-bond acceptors (Lipinski definition) is 5. The summed E-state index contributed by atoms with van der Waals surface area (Å²) in [6, 6.07) is 5.24. The molecule has 0 saturated heterocycles. The average Bonchev–Trinajstić information content (AvgIpc) is 2.38. The summed E-state index contributed by atoms with van der Waals surface area (Å²) in [5, 5.41) is 29.1. The highest BCUT2D eigenvalue weighted by molar-refractivity contribution is 8.13. The van der Waals surface area contributed by atoms with Crippen LogP contribution in [0.25, 0.3) is 0 Å². The summed E-state index contributed by atoms with van der Waals surface area (Å²) in [4.78, 5) is 10.8. The largest absolute Gasteiger partial charge is 0.392 e. The van der Waals surface area contributed by atoms with Crippen LogP contribution in [-0.4, -0.2) is 32.3 Å². The van der Waals surface area contributed by atoms with Crippen LogP contribution in [0.15, 0.2) is 18.2 Å². The van der Waals surface area contributed by atoms with Crippen molar-refractivity contribution in [2.75, 3.05) is 5.75 Å². The molecule has 0 aliphatic rings. The van der Waals surface area contributed by atoms with E-state index in [0.29, 0.717) is 17.7 Å². The van der Waals surface area contributed by atoms with Gasteiger partial charge in [-0.25, -0.2) is 0 Å². The molecule has 2 atom stereocenters. The molecular formula is C14H20O4S. The highest BCUT2D eigenvalue weighted by Crippen LogP contribution is 2.23. The van der Waals surface area contributed by atoms with Crippen molar-refractivity contribution in [1.29, 1.82) is 0 Å². The number of carbonyl (C=O) groups is 1. The van der Waals surface area contributed by atoms with Crippen molar-refractivity contribution >= 4 is 16.9 Å². The lowest BCUT2D eigenvalue weighted by atomic mass is 9.98. The Morgan fingerprint density at radius 2 is 2.05 bits per heavy atom. The van der Waals surface area contributed by atoms with Gasteiger partial charge in [-0.15, -0.1) is 0 Å². The van der Waals surface area contributed by atoms with Gasteiger partial charge in [-0.05, 0) is 30.0 Å². The smallest absolute Gasteiger partial charge is 0.185 e. The van der Waals surface area contributed by atoms with E-state index in [9.17, 15) is 20.1 Å². The molecule has 0 aliphatic heterocycles. The van der Waals surface area contributed by atoms with Gasteiger partial charge in [0.25, 0.3) is 0 Å². The number of aliphatic hydroxyl groups excluding tert-OH is 3. The Hall–Kier alpha value is -0.880. The van der Waals surface area contributed by atoms with Crippen LogP contribution in [0.3, 0.4) is 0 Å². The maximum Gasteiger partial charge on any atom is 0.185 e. The zero-order chi connectivity index (χ0) is 14.4. The van der Waals surface area contributed by atoms with Crippen LogP contribution in [0.4, 0.5) is 0 Å². The molecule has 2 unspecified atom stereocenters. The Bertz CT molecular complexity index is 433. The molecule has 0 fully saturated rings. The second kappa shape index (κ2) is 7.65. The lowest BCUT2D eigenvalue weighted by Gasteiger charge is -2.19. The molecule has 3 N–H and O–H groups in total. The molecule has 4 nitrogen and oxygen atoms in total. The van der Waals surface area contributed by atoms with Gasteiger partial charge in [-0.1, -0.05) is 30.0 Å². The highest BCUT2D eigenvalue weighted by atomic mass is 32.2. The third-order valence-electron chi connectivity index (χ3n) is 2.97. The number of aliphatic hydroxyl groups is 3. The minimum atomic E-state index is -1.00. The van der Waals surface area contributed by atoms with E-state index in [1.54, 1.807) is 18.2 Å². The van der Waals surface area contributed by atoms with E-state index in [4.69, 9.17) is 0 Å². The van der Waals surface area contributed by atoms with Gasteiger partial charge >= 0.3 is 0 Å². The number of carbonyl (C=O) groups excluding carboxylic acids is 1. The van der Waals surface area contributed by atoms with E-state index in [2.05, 4.69) is 0 Å². The zero-order valence-corrected chi connectivity index (χ0v) is 12.0. The van der Waals surface area contributed by atoms with Crippen molar-refractivity contribution < 1.29 is 20.1 Å². The molecule has 0 bridgehead atoms. The number of hydrogen-bond donors (Lipinski definition) is 3. The molecule has 1 aromatic carbocycles. The van der Waals surface area contributed by atoms with Crippen molar-refractivity contribution in [3.05, 3.63) is 34.9 Å². The number of benzene rings is 1. The second-order valence-corrected chi connectivity index (χ2v) is 5.76. The second-order valence-electron chi connectivity index (χ2n) is 4.48. The third kappa shape index (κ3) is 4.95. The number of aryl methyl sites for hydroxylation is 1. The lowest BCUT2D eigenvalue weighted by molar-refractivity contribution is -0.109. The standard InChI is InChI=1S/C14H20O4S/c1-9-3-4-11(7-12(9)8-15)14(18)13(17)5-6-19-10(2)16/h3-4,7,13-15,17-18H,5-6,8H2,1-2H3. The average molecular weight is 284 g/mol. The molecule has 0 spiro atoms. The summed E-state index contributed by atoms with van der Waals surface area (Å²) in [6.07, 6.45) is -1.58. The summed E-state index contributed by atoms with van der Waals surface area (Å²) in [7, 11) is 0. The van der Waals surface area contributed by atoms with E-state index in [1.807, 2.05) is 6.92 Å². The molecule has 1 aromatic rings. The van der Waals surface area contributed by atoms with Crippen LogP contribution in [0.2, 0.25) is 0 Å². The minimum Gasteiger partial charge on any atom is -0.392 e. The van der Waals surface area contributed by atoms with E-state index in [0.717, 1.165) is 22.9 Å². The minimum absolute atomic E-state index is 0.000377. The zero-order valence-electron chi connectivity index (χ0n) is 11.2. The molecule has 19 heavy (non-hydrogen) atoms. The summed E-state index contributed by atoms with van der Waals surface area (Å²) in [5.41, 5.74) is 2.26. The van der Waals surface area contributed by atoms with Crippen molar-refractivity contribution in [3.63, 3.8) is 0 Å². The Morgan fingerprint density at radius 3 is 2.63 bits per heavy atom. The Morgan fingerprint density at radius 1 is 1.37 bits per heavy atom. The van der Waals surface area contributed by atoms with Gasteiger partial charge in [0.15, 0.2) is 5.12 Å². The molecule has 106 valence electrons. The molecular weight excluding hydrogens is 264 g/mol. The lowest BCUT2D eigenvalue weighted by Crippen LogP contribution is -2.19. The van der Waals surface area contributed by atoms with Crippen LogP contribution in [-0.2, 0) is 11.4 Å². The molecule has 5 heteroatoms. The van der Waals surface area contributed by atoms with Gasteiger partial charge in [0.05, 0.1) is 12.7 Å². The normalized spacial score (nSPS) is 14.2. The van der Waals surface area contributed by atoms with Gasteiger partial charge in [0.1, 0.15) is 6.10 Å². The van der Waals surface area contributed by atoms with Gasteiger partial charge < -0.3 is 15.3 Å². The quantitative estimate of drug-likeness (QED) is 0.739. The molecule has 0 aromatic heterocycles. The topological polar surface area (TPSA) is 77.8 Å². The molecule has 0 heterocycles. The van der Waals surface area contributed by atoms with Gasteiger partial charge in [0, 0.05) is 12.7 Å². The third-order valence-corrected chi connectivity index (χ3v) is 3.81. The SMILES string of the molecule is CC(=O)SCCC(O)C(O)c1ccc(C)c(CO)c1. The van der Waals surface area contributed by atoms with Crippen molar-refractivity contribution in [1.82, 2.24) is 0 Å². The fourth-order valence-corrected chi connectivity index (χ4v) is 2.40. The summed E-state index contributed by atoms with van der Waals surface area (Å²) >= 11 is 1.13. The summed E-state index contributed by atoms with van der Waals surface area (Å²) in [6.45, 7) is 3.26. The van der Waals surface area contributed by atoms with Crippen molar-refractivity contribution in [2.45, 2.75) is 39.1 Å². The van der Waals surface area contributed by atoms with E-state index in [-0.39, 0.29) is 11.7 Å². The first-order valence-electron chi connectivity index (χ1n) is 6.15. The first kappa shape index (κ1) is 16.2. The molecule has 0 radical (unpaired) electrons. The maximum atomic E-state index is 10.8. The summed E-state index contributed by atoms with van der Waals surface area (Å²) < 4.78 is 0. The predicted octanol–water partition coefficient (Wildman–Crippen LogP) is 1.55. The van der Waals surface area contributed by atoms with Crippen LogP contribution < -0.4 is 0 Å². The van der Waals surface area contributed by atoms with Crippen LogP contribution in [0.1, 0.15) is 36.1 Å². The van der Waals surface area contributed by atoms with E-state index in [1.165, 1.54) is 6.92 Å². The fraction of sp³-hybridized carbons (Fsp3) is 0.500. The Labute approximate surface area is 117 Å². The maximum absolute atomic E-state index is 10.8. The summed E-state index contributed by atoms with van der Waals surface area (Å²) in [5.74, 6) is 0.478. The van der Waals surface area contributed by atoms with Gasteiger partial charge in [-0.3, -0.25) is 4.79 Å². The van der Waals surface area contributed by atoms with Gasteiger partial charge in [-0.2, -0.15) is 0 Å². The first-order valence-corrected chi connectivity index (χ1v) is 7.14. The highest BCUT2D eigenvalue weighted by Gasteiger charge is 2.19. The van der Waals surface area contributed by atoms with Crippen LogP contribution >= 0.6 is 11.8 Å². The van der Waals surface area contributed by atoms with Crippen LogP contribution in [0, 0.1) is 6.92 Å². The van der Waals surface area contributed by atoms with E-state index < -0.39 is 12.2 Å². The van der Waals surface area contributed by atoms with Crippen molar-refractivity contribution in [2.24, 2.45) is 0 Å². The monoisotopic (exact) mass is 284 g/mol. The van der Waals surface area contributed by atoms with Crippen LogP contribution in [0.5, 0.6) is 0 Å². The molecule has 0 aliphatic carbocycles. The number of thioether (sulfide) groups is 1. The Kier molecular flexibility index (Phi) is 6.51. The molecule has 0 amide bonds. The fourth-order valence-electron chi connectivity index (χ4n) is 1.75. The van der Waals surface area contributed by atoms with Gasteiger partial charge in [0.2, 0.25) is 0 Å². The van der Waals surface area contributed by atoms with E-state index >= 15 is 0 Å². The molecule has 1 rings (SSSR count). The number of rotatable bonds is 6. The predicted molar refractivity (Wildman–Crippen MR) is 75.8 cm³/mol. The van der Waals surface area contributed by atoms with Crippen molar-refractivity contribution in [3.8, 4) is 0 Å². The first-order chi connectivity index (χ1) is 8.95.